The van der Waals surface area contributed by atoms with E-state index in [1.807, 2.05) is 53.2 Å². The number of carbonyl (C=O) groups excluding carboxylic acids is 8. The summed E-state index contributed by atoms with van der Waals surface area (Å²) in [5, 5.41) is 10.3. The van der Waals surface area contributed by atoms with Gasteiger partial charge in [-0.3, -0.25) is 67.8 Å². The highest BCUT2D eigenvalue weighted by Gasteiger charge is 2.54. The molecular weight excluding hydrogens is 1430 g/mol. The summed E-state index contributed by atoms with van der Waals surface area (Å²) in [5.74, 6) is 1.14. The van der Waals surface area contributed by atoms with Gasteiger partial charge >= 0.3 is 0 Å². The third kappa shape index (κ3) is 18.8. The van der Waals surface area contributed by atoms with E-state index in [2.05, 4.69) is 105 Å². The molecule has 0 saturated carbocycles. The first-order chi connectivity index (χ1) is 52.9. The molecule has 5 aromatic carbocycles. The fourth-order valence-electron chi connectivity index (χ4n) is 18.7. The molecular formula is C87H116F2N12O9S. The van der Waals surface area contributed by atoms with Gasteiger partial charge in [0.15, 0.2) is 28.9 Å². The van der Waals surface area contributed by atoms with Gasteiger partial charge in [-0.25, -0.2) is 13.8 Å². The predicted molar refractivity (Wildman–Crippen MR) is 430 cm³/mol. The van der Waals surface area contributed by atoms with Crippen LogP contribution in [0.5, 0.6) is 0 Å². The number of amides is 3. The lowest BCUT2D eigenvalue weighted by Gasteiger charge is -2.44. The molecule has 1 aromatic heterocycles. The number of carbonyl (C=O) groups is 8. The predicted octanol–water partition coefficient (Wildman–Crippen LogP) is 10.2. The SMILES string of the molecule is C.CC(=O)N1CCC2(CC1)C(=O)N(CO)CN2C.CN1CCC(=O)C12CCN(CCCC(=O)c1ccc(F)cc1)CC2.CN1CCC(=O)C12CCN(Cc1nc3ccccc3s1)CC2.Cc1cccc(CN2CCC3(CC2)C(=O)CCN3C)c1.O=C(Cc1ccc(F)cc1)N1CCC2(CC1)C(=O)CCN2c1ccccc1. The summed E-state index contributed by atoms with van der Waals surface area (Å²) in [6.45, 7) is 18.5. The summed E-state index contributed by atoms with van der Waals surface area (Å²) in [5.41, 5.74) is 4.76. The van der Waals surface area contributed by atoms with Crippen LogP contribution < -0.4 is 4.90 Å². The summed E-state index contributed by atoms with van der Waals surface area (Å²) in [6, 6.07) is 38.9. The van der Waals surface area contributed by atoms with Crippen LogP contribution in [-0.4, -0.2) is 273 Å². The van der Waals surface area contributed by atoms with Crippen molar-refractivity contribution in [2.24, 2.45) is 0 Å². The van der Waals surface area contributed by atoms with E-state index >= 15 is 0 Å². The first-order valence-corrected chi connectivity index (χ1v) is 40.5. The van der Waals surface area contributed by atoms with Crippen LogP contribution in [0.4, 0.5) is 14.5 Å². The Morgan fingerprint density at radius 2 is 0.973 bits per heavy atom. The van der Waals surface area contributed by atoms with Crippen LogP contribution in [0.3, 0.4) is 0 Å². The average molecular weight is 1540 g/mol. The number of halogens is 2. The quantitative estimate of drug-likeness (QED) is 0.107. The standard InChI is InChI=1S/C22H23FN2O2.C19H25FN2O2.C17H21N3OS.C17H24N2O.C11H19N3O3.CH4/c23-18-8-6-17(7-9-18)16-21(27)24-14-11-22(12-15-24)20(26)10-13-25(22)19-4-2-1-3-5-19;1-21-12-8-18(24)19(21)9-13-22(14-10-19)11-2-3-17(23)15-4-6-16(20)7-5-15;1-19-9-6-15(21)17(19)7-10-20(11-8-17)12-16-18-13-4-2-3-5-14(13)22-16;1-14-4-3-5-15(12-14)13-19-10-7-17(8-11-19)16(20)6-9-18(17)2;1-9(16)13-5-3-11(4-6-13)10(17)14(8-15)7-12(11)2;/h1-9H,10-16H2;4-7H,2-3,8-14H2,1H3;2-5H,6-12H2,1H3;3-5,12H,6-11,13H2,1-2H3;15H,3-8H2,1-2H3;1H4. The molecule has 3 amide bonds. The summed E-state index contributed by atoms with van der Waals surface area (Å²) < 4.78 is 27.2. The second-order valence-corrected chi connectivity index (χ2v) is 33.2. The van der Waals surface area contributed by atoms with Gasteiger partial charge in [-0.2, -0.15) is 0 Å². The fraction of sp³-hybridized carbons (Fsp3) is 0.552. The summed E-state index contributed by atoms with van der Waals surface area (Å²) in [4.78, 5) is 126. The zero-order valence-electron chi connectivity index (χ0n) is 65.3. The number of aliphatic hydroxyl groups is 1. The smallest absolute Gasteiger partial charge is 0.246 e. The number of likely N-dealkylation sites (tertiary alicyclic amines) is 8. The van der Waals surface area contributed by atoms with Crippen LogP contribution >= 0.6 is 11.3 Å². The molecule has 21 nitrogen and oxygen atoms in total. The Hall–Kier alpha value is -7.91. The Balaban J connectivity index is 0.000000138. The number of Topliss-reactive ketones (excluding diaryl/α,β-unsaturated/α-hetero) is 5. The number of hydrogen-bond acceptors (Lipinski definition) is 19. The van der Waals surface area contributed by atoms with Gasteiger partial charge in [0.2, 0.25) is 17.7 Å². The summed E-state index contributed by atoms with van der Waals surface area (Å²) >= 11 is 1.79. The first kappa shape index (κ1) is 84.0. The minimum Gasteiger partial charge on any atom is -0.376 e. The van der Waals surface area contributed by atoms with Gasteiger partial charge in [-0.15, -0.1) is 11.3 Å². The minimum atomic E-state index is -0.505. The number of ketones is 5. The van der Waals surface area contributed by atoms with E-state index in [1.165, 1.54) is 50.0 Å². The van der Waals surface area contributed by atoms with Crippen molar-refractivity contribution >= 4 is 73.9 Å². The van der Waals surface area contributed by atoms with Gasteiger partial charge in [-0.1, -0.05) is 79.7 Å². The normalized spacial score (nSPS) is 21.8. The second-order valence-electron chi connectivity index (χ2n) is 32.1. The second kappa shape index (κ2) is 36.9. The molecule has 111 heavy (non-hydrogen) atoms. The lowest BCUT2D eigenvalue weighted by molar-refractivity contribution is -0.141. The van der Waals surface area contributed by atoms with E-state index < -0.39 is 11.1 Å². The van der Waals surface area contributed by atoms with E-state index in [9.17, 15) is 47.1 Å². The number of fused-ring (bicyclic) bond motifs is 1. The number of hydrogen-bond donors (Lipinski definition) is 1. The molecule has 0 radical (unpaired) electrons. The maximum atomic E-state index is 13.0. The van der Waals surface area contributed by atoms with E-state index in [1.54, 1.807) is 47.4 Å². The molecule has 10 aliphatic heterocycles. The average Bonchev–Trinajstić information content (AvgIpc) is 1.62. The highest BCUT2D eigenvalue weighted by Crippen LogP contribution is 2.42. The van der Waals surface area contributed by atoms with Gasteiger partial charge < -0.3 is 29.6 Å². The minimum absolute atomic E-state index is 0. The van der Waals surface area contributed by atoms with Gasteiger partial charge in [0, 0.05) is 148 Å². The van der Waals surface area contributed by atoms with Crippen LogP contribution in [0.2, 0.25) is 0 Å². The zero-order chi connectivity index (χ0) is 78.0. The van der Waals surface area contributed by atoms with E-state index in [-0.39, 0.29) is 78.1 Å². The maximum Gasteiger partial charge on any atom is 0.246 e. The zero-order valence-corrected chi connectivity index (χ0v) is 66.1. The molecule has 6 aromatic rings. The highest BCUT2D eigenvalue weighted by molar-refractivity contribution is 7.18. The number of aryl methyl sites for hydroxylation is 1. The van der Waals surface area contributed by atoms with E-state index in [0.717, 1.165) is 160 Å². The van der Waals surface area contributed by atoms with Crippen molar-refractivity contribution < 1.29 is 52.2 Å². The molecule has 10 saturated heterocycles. The van der Waals surface area contributed by atoms with Crippen molar-refractivity contribution in [2.45, 2.75) is 171 Å². The molecule has 11 heterocycles. The Bertz CT molecular complexity index is 4170. The van der Waals surface area contributed by atoms with E-state index in [0.29, 0.717) is 101 Å². The number of piperidine rings is 5. The largest absolute Gasteiger partial charge is 0.376 e. The third-order valence-electron chi connectivity index (χ3n) is 25.9. The van der Waals surface area contributed by atoms with Gasteiger partial charge in [0.25, 0.3) is 0 Å². The van der Waals surface area contributed by atoms with Crippen molar-refractivity contribution in [1.82, 2.24) is 54.0 Å². The fourth-order valence-corrected chi connectivity index (χ4v) is 19.7. The molecule has 16 rings (SSSR count). The lowest BCUT2D eigenvalue weighted by atomic mass is 9.83. The number of benzene rings is 5. The van der Waals surface area contributed by atoms with Crippen molar-refractivity contribution in [3.63, 3.8) is 0 Å². The van der Waals surface area contributed by atoms with Crippen LogP contribution in [0.1, 0.15) is 149 Å². The Kier molecular flexibility index (Phi) is 27.9. The molecule has 10 fully saturated rings. The maximum absolute atomic E-state index is 13.0. The number of para-hydroxylation sites is 2. The van der Waals surface area contributed by atoms with Crippen LogP contribution in [0.15, 0.2) is 127 Å². The Morgan fingerprint density at radius 3 is 1.48 bits per heavy atom. The van der Waals surface area contributed by atoms with E-state index in [4.69, 9.17) is 10.1 Å². The topological polar surface area (TPSA) is 205 Å². The molecule has 0 bridgehead atoms. The summed E-state index contributed by atoms with van der Waals surface area (Å²) in [6.07, 6.45) is 12.6. The van der Waals surface area contributed by atoms with Gasteiger partial charge in [-0.05, 0) is 184 Å². The molecule has 1 N–H and O–H groups in total. The Morgan fingerprint density at radius 1 is 0.495 bits per heavy atom. The molecule has 10 aliphatic rings. The third-order valence-corrected chi connectivity index (χ3v) is 27.0. The number of aliphatic hydroxyl groups excluding tert-OH is 1. The number of rotatable bonds is 13. The van der Waals surface area contributed by atoms with Crippen LogP contribution in [0, 0.1) is 18.6 Å². The van der Waals surface area contributed by atoms with Crippen molar-refractivity contribution in [1.29, 1.82) is 0 Å². The molecule has 5 spiro atoms. The molecule has 0 atom stereocenters. The van der Waals surface area contributed by atoms with Gasteiger partial charge in [0.1, 0.15) is 34.5 Å². The van der Waals surface area contributed by atoms with Crippen LogP contribution in [0.25, 0.3) is 10.2 Å². The lowest BCUT2D eigenvalue weighted by Crippen LogP contribution is -2.57. The molecule has 24 heteroatoms. The number of aromatic nitrogens is 1. The Labute approximate surface area is 658 Å². The van der Waals surface area contributed by atoms with Crippen molar-refractivity contribution in [2.75, 3.05) is 145 Å². The molecule has 0 unspecified atom stereocenters. The molecule has 598 valence electrons. The van der Waals surface area contributed by atoms with Crippen molar-refractivity contribution in [3.8, 4) is 0 Å². The van der Waals surface area contributed by atoms with Crippen LogP contribution in [-0.2, 0) is 53.1 Å². The van der Waals surface area contributed by atoms with Gasteiger partial charge in [0.05, 0.1) is 46.5 Å². The highest BCUT2D eigenvalue weighted by atomic mass is 32.1. The number of likely N-dealkylation sites (N-methyl/N-ethyl adjacent to an activating group) is 4. The molecule has 0 aliphatic carbocycles. The summed E-state index contributed by atoms with van der Waals surface area (Å²) in [7, 11) is 8.17. The number of anilines is 1. The number of thiazole rings is 1. The number of nitrogens with zero attached hydrogens (tertiary/aromatic N) is 12. The first-order valence-electron chi connectivity index (χ1n) is 39.7. The van der Waals surface area contributed by atoms with Crippen molar-refractivity contribution in [3.05, 3.63) is 166 Å². The monoisotopic (exact) mass is 1540 g/mol.